The highest BCUT2D eigenvalue weighted by Crippen LogP contribution is 2.23. The third-order valence-corrected chi connectivity index (χ3v) is 6.30. The van der Waals surface area contributed by atoms with Gasteiger partial charge in [-0.25, -0.2) is 18.0 Å². The lowest BCUT2D eigenvalue weighted by Crippen LogP contribution is -2.48. The Morgan fingerprint density at radius 2 is 1.85 bits per heavy atom. The van der Waals surface area contributed by atoms with E-state index in [2.05, 4.69) is 10.3 Å². The Labute approximate surface area is 157 Å². The fourth-order valence-electron chi connectivity index (χ4n) is 3.15. The van der Waals surface area contributed by atoms with Gasteiger partial charge >= 0.3 is 11.9 Å². The number of carbonyl (C=O) groups is 3. The molecule has 1 atom stereocenters. The highest BCUT2D eigenvalue weighted by molar-refractivity contribution is 7.91. The smallest absolute Gasteiger partial charge is 0.355 e. The second kappa shape index (κ2) is 7.71. The Balaban J connectivity index is 1.99. The summed E-state index contributed by atoms with van der Waals surface area (Å²) >= 11 is 0. The molecule has 0 radical (unpaired) electrons. The molecule has 10 heteroatoms. The molecule has 2 heterocycles. The van der Waals surface area contributed by atoms with Crippen molar-refractivity contribution in [2.24, 2.45) is 0 Å². The van der Waals surface area contributed by atoms with E-state index in [9.17, 15) is 22.8 Å². The van der Waals surface area contributed by atoms with Crippen LogP contribution in [0.15, 0.2) is 0 Å². The zero-order valence-electron chi connectivity index (χ0n) is 15.8. The molecule has 0 aliphatic carbocycles. The number of hydrogen-bond acceptors (Lipinski definition) is 7. The molecule has 0 bridgehead atoms. The van der Waals surface area contributed by atoms with Gasteiger partial charge in [0.2, 0.25) is 0 Å². The zero-order chi connectivity index (χ0) is 20.4. The maximum absolute atomic E-state index is 12.3. The highest BCUT2D eigenvalue weighted by atomic mass is 32.2. The first-order chi connectivity index (χ1) is 12.5. The van der Waals surface area contributed by atoms with Gasteiger partial charge in [0, 0.05) is 5.69 Å². The van der Waals surface area contributed by atoms with E-state index in [0.29, 0.717) is 17.7 Å². The lowest BCUT2D eigenvalue weighted by atomic mass is 10.0. The van der Waals surface area contributed by atoms with Gasteiger partial charge in [-0.15, -0.1) is 0 Å². The fraction of sp³-hybridized carbons (Fsp3) is 0.588. The molecular formula is C17H24N2O7S. The van der Waals surface area contributed by atoms with Crippen LogP contribution in [0.2, 0.25) is 0 Å². The van der Waals surface area contributed by atoms with Crippen molar-refractivity contribution in [3.63, 3.8) is 0 Å². The van der Waals surface area contributed by atoms with Crippen LogP contribution in [-0.4, -0.2) is 61.5 Å². The van der Waals surface area contributed by atoms with E-state index in [-0.39, 0.29) is 29.4 Å². The Morgan fingerprint density at radius 1 is 1.19 bits per heavy atom. The monoisotopic (exact) mass is 400 g/mol. The summed E-state index contributed by atoms with van der Waals surface area (Å²) in [5.41, 5.74) is 0.310. The van der Waals surface area contributed by atoms with Gasteiger partial charge in [-0.05, 0) is 39.7 Å². The number of nitrogens with one attached hydrogen (secondary N) is 2. The predicted molar refractivity (Wildman–Crippen MR) is 96.3 cm³/mol. The van der Waals surface area contributed by atoms with Crippen LogP contribution < -0.4 is 5.32 Å². The topological polar surface area (TPSA) is 132 Å². The zero-order valence-corrected chi connectivity index (χ0v) is 16.6. The third-order valence-electron chi connectivity index (χ3n) is 4.40. The van der Waals surface area contributed by atoms with Gasteiger partial charge in [0.15, 0.2) is 16.4 Å². The molecule has 1 aromatic heterocycles. The second-order valence-electron chi connectivity index (χ2n) is 6.87. The molecule has 0 spiro atoms. The van der Waals surface area contributed by atoms with Crippen molar-refractivity contribution in [3.8, 4) is 0 Å². The molecule has 0 aromatic carbocycles. The van der Waals surface area contributed by atoms with Crippen LogP contribution in [0, 0.1) is 13.8 Å². The van der Waals surface area contributed by atoms with Crippen molar-refractivity contribution in [1.82, 2.24) is 10.3 Å². The number of H-pyrrole nitrogens is 1. The molecule has 27 heavy (non-hydrogen) atoms. The van der Waals surface area contributed by atoms with Gasteiger partial charge in [-0.3, -0.25) is 4.79 Å². The molecule has 1 saturated heterocycles. The van der Waals surface area contributed by atoms with Crippen molar-refractivity contribution in [2.75, 3.05) is 24.7 Å². The van der Waals surface area contributed by atoms with E-state index in [1.165, 1.54) is 0 Å². The number of aromatic amines is 1. The van der Waals surface area contributed by atoms with Crippen molar-refractivity contribution >= 4 is 27.7 Å². The summed E-state index contributed by atoms with van der Waals surface area (Å²) in [6, 6.07) is 0. The second-order valence-corrected chi connectivity index (χ2v) is 9.06. The van der Waals surface area contributed by atoms with Gasteiger partial charge < -0.3 is 19.8 Å². The Bertz CT molecular complexity index is 872. The summed E-state index contributed by atoms with van der Waals surface area (Å²) in [5, 5.41) is 2.60. The maximum atomic E-state index is 12.3. The highest BCUT2D eigenvalue weighted by Gasteiger charge is 2.39. The number of sulfone groups is 1. The number of amides is 1. The van der Waals surface area contributed by atoms with E-state index in [1.807, 2.05) is 0 Å². The van der Waals surface area contributed by atoms with E-state index in [0.717, 1.165) is 0 Å². The molecule has 2 rings (SSSR count). The Morgan fingerprint density at radius 3 is 2.41 bits per heavy atom. The minimum absolute atomic E-state index is 0.0150. The lowest BCUT2D eigenvalue weighted by molar-refractivity contribution is -0.125. The van der Waals surface area contributed by atoms with Crippen LogP contribution in [0.3, 0.4) is 0 Å². The van der Waals surface area contributed by atoms with Crippen molar-refractivity contribution in [1.29, 1.82) is 0 Å². The first kappa shape index (κ1) is 20.9. The van der Waals surface area contributed by atoms with Crippen LogP contribution in [0.5, 0.6) is 0 Å². The number of hydrogen-bond donors (Lipinski definition) is 2. The summed E-state index contributed by atoms with van der Waals surface area (Å²) in [7, 11) is -3.17. The van der Waals surface area contributed by atoms with Crippen LogP contribution in [0.4, 0.5) is 0 Å². The number of aromatic nitrogens is 1. The molecule has 1 unspecified atom stereocenters. The van der Waals surface area contributed by atoms with E-state index >= 15 is 0 Å². The summed E-state index contributed by atoms with van der Waals surface area (Å²) in [6.45, 7) is 6.18. The normalized spacial score (nSPS) is 20.9. The Hall–Kier alpha value is -2.36. The maximum Gasteiger partial charge on any atom is 0.355 e. The van der Waals surface area contributed by atoms with Crippen molar-refractivity contribution in [3.05, 3.63) is 22.5 Å². The first-order valence-corrected chi connectivity index (χ1v) is 10.3. The number of aryl methyl sites for hydroxylation is 1. The van der Waals surface area contributed by atoms with Crippen molar-refractivity contribution in [2.45, 2.75) is 39.7 Å². The summed E-state index contributed by atoms with van der Waals surface area (Å²) in [6.07, 6.45) is 0.312. The largest absolute Gasteiger partial charge is 0.462 e. The van der Waals surface area contributed by atoms with E-state index in [1.54, 1.807) is 27.7 Å². The summed E-state index contributed by atoms with van der Waals surface area (Å²) in [4.78, 5) is 39.0. The number of carbonyl (C=O) groups excluding carboxylic acids is 3. The fourth-order valence-corrected chi connectivity index (χ4v) is 5.24. The SMILES string of the molecule is CCOC(=O)c1c(C)[nH]c(C(=O)OCC(=O)NC2(C)CCS(=O)(=O)C2)c1C. The van der Waals surface area contributed by atoms with Crippen LogP contribution in [0.25, 0.3) is 0 Å². The molecule has 1 amide bonds. The van der Waals surface area contributed by atoms with Gasteiger partial charge in [0.25, 0.3) is 5.91 Å². The van der Waals surface area contributed by atoms with E-state index in [4.69, 9.17) is 9.47 Å². The number of rotatable bonds is 6. The van der Waals surface area contributed by atoms with Crippen LogP contribution >= 0.6 is 0 Å². The summed E-state index contributed by atoms with van der Waals surface area (Å²) < 4.78 is 33.1. The molecule has 2 N–H and O–H groups in total. The van der Waals surface area contributed by atoms with Gasteiger partial charge in [0.05, 0.1) is 29.2 Å². The van der Waals surface area contributed by atoms with Crippen molar-refractivity contribution < 1.29 is 32.3 Å². The van der Waals surface area contributed by atoms with Crippen LogP contribution in [-0.2, 0) is 24.1 Å². The molecule has 1 fully saturated rings. The number of ether oxygens (including phenoxy) is 2. The molecular weight excluding hydrogens is 376 g/mol. The molecule has 9 nitrogen and oxygen atoms in total. The average Bonchev–Trinajstić information content (AvgIpc) is 3.00. The van der Waals surface area contributed by atoms with Gasteiger partial charge in [-0.2, -0.15) is 0 Å². The molecule has 1 aromatic rings. The van der Waals surface area contributed by atoms with Gasteiger partial charge in [0.1, 0.15) is 5.69 Å². The van der Waals surface area contributed by atoms with Gasteiger partial charge in [-0.1, -0.05) is 0 Å². The lowest BCUT2D eigenvalue weighted by Gasteiger charge is -2.23. The quantitative estimate of drug-likeness (QED) is 0.670. The third kappa shape index (κ3) is 4.88. The average molecular weight is 400 g/mol. The van der Waals surface area contributed by atoms with E-state index < -0.39 is 39.8 Å². The molecule has 1 aliphatic rings. The minimum Gasteiger partial charge on any atom is -0.462 e. The molecule has 0 saturated carbocycles. The molecule has 150 valence electrons. The van der Waals surface area contributed by atoms with Crippen LogP contribution in [0.1, 0.15) is 52.4 Å². The predicted octanol–water partition coefficient (Wildman–Crippen LogP) is 0.658. The summed E-state index contributed by atoms with van der Waals surface area (Å²) in [5.74, 6) is -2.05. The first-order valence-electron chi connectivity index (χ1n) is 8.53. The standard InChI is InChI=1S/C17H24N2O7S/c1-5-25-15(21)13-10(2)14(18-11(13)3)16(22)26-8-12(20)19-17(4)6-7-27(23,24)9-17/h18H,5-9H2,1-4H3,(H,19,20). The molecule has 1 aliphatic heterocycles. The minimum atomic E-state index is -3.17. The Kier molecular flexibility index (Phi) is 5.98. The number of esters is 2.